The molecule has 1 aliphatic rings. The molecule has 21 heavy (non-hydrogen) atoms. The molecule has 1 aliphatic carbocycles. The van der Waals surface area contributed by atoms with E-state index in [0.29, 0.717) is 22.8 Å². The third kappa shape index (κ3) is 3.58. The number of allylic oxidation sites excluding steroid dienone is 4. The Balaban J connectivity index is 2.48. The van der Waals surface area contributed by atoms with E-state index in [9.17, 15) is 9.59 Å². The number of aryl methyl sites for hydroxylation is 1. The molecule has 1 aromatic rings. The van der Waals surface area contributed by atoms with Gasteiger partial charge in [-0.1, -0.05) is 11.6 Å². The Labute approximate surface area is 127 Å². The summed E-state index contributed by atoms with van der Waals surface area (Å²) in [4.78, 5) is 26.9. The van der Waals surface area contributed by atoms with Gasteiger partial charge in [-0.25, -0.2) is 4.99 Å². The molecule has 0 atom stereocenters. The van der Waals surface area contributed by atoms with Gasteiger partial charge >= 0.3 is 0 Å². The van der Waals surface area contributed by atoms with Gasteiger partial charge in [-0.3, -0.25) is 9.59 Å². The molecule has 0 saturated carbocycles. The van der Waals surface area contributed by atoms with Crippen molar-refractivity contribution in [2.45, 2.75) is 13.8 Å². The van der Waals surface area contributed by atoms with Crippen LogP contribution >= 0.6 is 11.6 Å². The monoisotopic (exact) mass is 303 g/mol. The molecule has 0 saturated heterocycles. The standard InChI is InChI=1S/C15H14ClN3O2/c1-8-5-13(14(7-12(8)17)18-9(2)20)19-10-3-4-15(21)11(16)6-10/h3-7H,17H2,1-2H3,(H,18,20). The highest BCUT2D eigenvalue weighted by Crippen LogP contribution is 2.31. The third-order valence-corrected chi connectivity index (χ3v) is 3.16. The Morgan fingerprint density at radius 3 is 2.67 bits per heavy atom. The summed E-state index contributed by atoms with van der Waals surface area (Å²) in [5, 5.41) is 2.78. The van der Waals surface area contributed by atoms with Crippen LogP contribution in [-0.4, -0.2) is 17.4 Å². The SMILES string of the molecule is CC(=O)Nc1cc(N)c(C)cc1N=C1C=CC(=O)C(Cl)=C1. The molecule has 0 fully saturated rings. The smallest absolute Gasteiger partial charge is 0.221 e. The zero-order valence-electron chi connectivity index (χ0n) is 11.6. The van der Waals surface area contributed by atoms with E-state index in [1.165, 1.54) is 19.1 Å². The Morgan fingerprint density at radius 1 is 1.33 bits per heavy atom. The second-order valence-electron chi connectivity index (χ2n) is 4.63. The number of rotatable bonds is 2. The molecular formula is C15H14ClN3O2. The first kappa shape index (κ1) is 15.0. The third-order valence-electron chi connectivity index (χ3n) is 2.86. The summed E-state index contributed by atoms with van der Waals surface area (Å²) >= 11 is 5.80. The normalized spacial score (nSPS) is 16.0. The van der Waals surface area contributed by atoms with E-state index in [-0.39, 0.29) is 16.7 Å². The molecule has 5 nitrogen and oxygen atoms in total. The lowest BCUT2D eigenvalue weighted by atomic mass is 10.1. The minimum Gasteiger partial charge on any atom is -0.398 e. The van der Waals surface area contributed by atoms with E-state index >= 15 is 0 Å². The second-order valence-corrected chi connectivity index (χ2v) is 5.04. The number of nitrogen functional groups attached to an aromatic ring is 1. The molecule has 0 bridgehead atoms. The van der Waals surface area contributed by atoms with Gasteiger partial charge in [0.15, 0.2) is 5.78 Å². The number of nitrogens with zero attached hydrogens (tertiary/aromatic N) is 1. The number of carbonyl (C=O) groups is 2. The molecule has 0 aromatic heterocycles. The van der Waals surface area contributed by atoms with Gasteiger partial charge in [0.1, 0.15) is 0 Å². The minimum absolute atomic E-state index is 0.101. The maximum Gasteiger partial charge on any atom is 0.221 e. The van der Waals surface area contributed by atoms with E-state index in [0.717, 1.165) is 5.56 Å². The highest BCUT2D eigenvalue weighted by Gasteiger charge is 2.11. The Hall–Kier alpha value is -2.40. The van der Waals surface area contributed by atoms with Crippen LogP contribution in [0.4, 0.5) is 17.1 Å². The van der Waals surface area contributed by atoms with Crippen molar-refractivity contribution in [3.8, 4) is 0 Å². The molecule has 0 radical (unpaired) electrons. The lowest BCUT2D eigenvalue weighted by Gasteiger charge is -2.11. The number of nitrogens with one attached hydrogen (secondary N) is 1. The molecular weight excluding hydrogens is 290 g/mol. The Morgan fingerprint density at radius 2 is 2.05 bits per heavy atom. The van der Waals surface area contributed by atoms with Gasteiger partial charge in [0, 0.05) is 12.6 Å². The number of hydrogen-bond acceptors (Lipinski definition) is 4. The van der Waals surface area contributed by atoms with Crippen LogP contribution in [0.3, 0.4) is 0 Å². The van der Waals surface area contributed by atoms with Gasteiger partial charge in [0.05, 0.1) is 22.1 Å². The molecule has 0 aliphatic heterocycles. The van der Waals surface area contributed by atoms with Crippen molar-refractivity contribution in [2.75, 3.05) is 11.1 Å². The summed E-state index contributed by atoms with van der Waals surface area (Å²) in [6.07, 6.45) is 4.40. The maximum atomic E-state index is 11.3. The van der Waals surface area contributed by atoms with E-state index < -0.39 is 0 Å². The van der Waals surface area contributed by atoms with E-state index in [4.69, 9.17) is 17.3 Å². The van der Waals surface area contributed by atoms with E-state index in [1.54, 1.807) is 18.2 Å². The number of hydrogen-bond donors (Lipinski definition) is 2. The molecule has 1 amide bonds. The largest absolute Gasteiger partial charge is 0.398 e. The van der Waals surface area contributed by atoms with Crippen LogP contribution in [-0.2, 0) is 9.59 Å². The Bertz CT molecular complexity index is 718. The quantitative estimate of drug-likeness (QED) is 0.651. The lowest BCUT2D eigenvalue weighted by molar-refractivity contribution is -0.114. The van der Waals surface area contributed by atoms with Gasteiger partial charge in [-0.2, -0.15) is 0 Å². The maximum absolute atomic E-state index is 11.3. The molecule has 1 aromatic carbocycles. The summed E-state index contributed by atoms with van der Waals surface area (Å²) in [5.41, 5.74) is 8.83. The molecule has 0 heterocycles. The van der Waals surface area contributed by atoms with Crippen molar-refractivity contribution in [3.63, 3.8) is 0 Å². The molecule has 2 rings (SSSR count). The lowest BCUT2D eigenvalue weighted by Crippen LogP contribution is -2.08. The zero-order valence-corrected chi connectivity index (χ0v) is 12.4. The van der Waals surface area contributed by atoms with Gasteiger partial charge in [0.2, 0.25) is 5.91 Å². The van der Waals surface area contributed by atoms with Gasteiger partial charge in [-0.05, 0) is 42.8 Å². The van der Waals surface area contributed by atoms with Crippen molar-refractivity contribution in [3.05, 3.63) is 41.0 Å². The first-order chi connectivity index (χ1) is 9.86. The second kappa shape index (κ2) is 5.93. The molecule has 3 N–H and O–H groups in total. The zero-order chi connectivity index (χ0) is 15.6. The molecule has 6 heteroatoms. The van der Waals surface area contributed by atoms with Crippen LogP contribution in [0.1, 0.15) is 12.5 Å². The number of ketones is 1. The van der Waals surface area contributed by atoms with Crippen molar-refractivity contribution in [2.24, 2.45) is 4.99 Å². The van der Waals surface area contributed by atoms with Crippen molar-refractivity contribution < 1.29 is 9.59 Å². The Kier molecular flexibility index (Phi) is 4.23. The number of carbonyl (C=O) groups excluding carboxylic acids is 2. The summed E-state index contributed by atoms with van der Waals surface area (Å²) < 4.78 is 0. The van der Waals surface area contributed by atoms with E-state index in [1.807, 2.05) is 6.92 Å². The van der Waals surface area contributed by atoms with E-state index in [2.05, 4.69) is 10.3 Å². The number of amides is 1. The predicted octanol–water partition coefficient (Wildman–Crippen LogP) is 2.87. The minimum atomic E-state index is -0.258. The number of benzene rings is 1. The van der Waals surface area contributed by atoms with Crippen molar-refractivity contribution in [1.29, 1.82) is 0 Å². The average molecular weight is 304 g/mol. The summed E-state index contributed by atoms with van der Waals surface area (Å²) in [7, 11) is 0. The highest BCUT2D eigenvalue weighted by atomic mass is 35.5. The number of halogens is 1. The van der Waals surface area contributed by atoms with Crippen LogP contribution in [0.25, 0.3) is 0 Å². The highest BCUT2D eigenvalue weighted by molar-refractivity contribution is 6.47. The van der Waals surface area contributed by atoms with Crippen LogP contribution in [0.2, 0.25) is 0 Å². The number of nitrogens with two attached hydrogens (primary N) is 1. The fourth-order valence-corrected chi connectivity index (χ4v) is 1.96. The first-order valence-corrected chi connectivity index (χ1v) is 6.60. The van der Waals surface area contributed by atoms with Gasteiger partial charge in [-0.15, -0.1) is 0 Å². The number of aliphatic imine (C=N–C) groups is 1. The van der Waals surface area contributed by atoms with Crippen molar-refractivity contribution in [1.82, 2.24) is 0 Å². The molecule has 0 unspecified atom stereocenters. The average Bonchev–Trinajstić information content (AvgIpc) is 2.39. The topological polar surface area (TPSA) is 84.6 Å². The fourth-order valence-electron chi connectivity index (χ4n) is 1.79. The molecule has 0 spiro atoms. The summed E-state index contributed by atoms with van der Waals surface area (Å²) in [5.74, 6) is -0.478. The predicted molar refractivity (Wildman–Crippen MR) is 85.1 cm³/mol. The van der Waals surface area contributed by atoms with Crippen LogP contribution < -0.4 is 11.1 Å². The van der Waals surface area contributed by atoms with Crippen LogP contribution in [0.5, 0.6) is 0 Å². The summed E-state index contributed by atoms with van der Waals surface area (Å²) in [6, 6.07) is 3.42. The van der Waals surface area contributed by atoms with Crippen LogP contribution in [0, 0.1) is 6.92 Å². The summed E-state index contributed by atoms with van der Waals surface area (Å²) in [6.45, 7) is 3.25. The van der Waals surface area contributed by atoms with Gasteiger partial charge < -0.3 is 11.1 Å². The van der Waals surface area contributed by atoms with Crippen LogP contribution in [0.15, 0.2) is 40.4 Å². The number of anilines is 2. The van der Waals surface area contributed by atoms with Crippen molar-refractivity contribution >= 4 is 46.1 Å². The first-order valence-electron chi connectivity index (χ1n) is 6.23. The van der Waals surface area contributed by atoms with Gasteiger partial charge in [0.25, 0.3) is 0 Å². The fraction of sp³-hybridized carbons (Fsp3) is 0.133. The molecule has 108 valence electrons.